The molecule has 4 N–H and O–H groups in total. The van der Waals surface area contributed by atoms with E-state index in [0.717, 1.165) is 16.8 Å². The summed E-state index contributed by atoms with van der Waals surface area (Å²) in [5, 5.41) is 5.44. The Hall–Kier alpha value is -2.37. The second-order valence-corrected chi connectivity index (χ2v) is 4.82. The number of amides is 2. The second kappa shape index (κ2) is 5.73. The highest BCUT2D eigenvalue weighted by molar-refractivity contribution is 6.37. The molecule has 0 saturated heterocycles. The van der Waals surface area contributed by atoms with E-state index in [0.29, 0.717) is 12.8 Å². The standard InChI is InChI=1S/C14H18N4O2/c1-8-3-4-9-5-6-10(13(19)18-11(9)7-8)17-14(20)12(15)16-2/h3-4,7,10H,5-6H2,1-2H3,(H2,15,16)(H,17,20)(H,18,19)/t10-/m0/s1. The molecule has 1 aromatic rings. The second-order valence-electron chi connectivity index (χ2n) is 4.82. The van der Waals surface area contributed by atoms with Crippen molar-refractivity contribution >= 4 is 23.3 Å². The number of nitrogens with zero attached hydrogens (tertiary/aromatic N) is 1. The smallest absolute Gasteiger partial charge is 0.286 e. The minimum Gasteiger partial charge on any atom is -0.379 e. The Labute approximate surface area is 117 Å². The average Bonchev–Trinajstić information content (AvgIpc) is 2.57. The van der Waals surface area contributed by atoms with Gasteiger partial charge in [-0.25, -0.2) is 0 Å². The van der Waals surface area contributed by atoms with Crippen molar-refractivity contribution in [2.45, 2.75) is 25.8 Å². The number of rotatable bonds is 1. The first-order valence-electron chi connectivity index (χ1n) is 6.44. The normalized spacial score (nSPS) is 18.8. The Morgan fingerprint density at radius 2 is 2.25 bits per heavy atom. The number of carbonyl (C=O) groups excluding carboxylic acids is 2. The first kappa shape index (κ1) is 14.0. The van der Waals surface area contributed by atoms with Crippen molar-refractivity contribution < 1.29 is 9.59 Å². The summed E-state index contributed by atoms with van der Waals surface area (Å²) in [6, 6.07) is 5.33. The van der Waals surface area contributed by atoms with Crippen LogP contribution >= 0.6 is 0 Å². The van der Waals surface area contributed by atoms with Gasteiger partial charge in [-0.2, -0.15) is 0 Å². The molecule has 0 unspecified atom stereocenters. The van der Waals surface area contributed by atoms with Crippen LogP contribution in [0.1, 0.15) is 17.5 Å². The summed E-state index contributed by atoms with van der Waals surface area (Å²) in [5.74, 6) is -0.878. The Kier molecular flexibility index (Phi) is 4.02. The zero-order valence-corrected chi connectivity index (χ0v) is 11.6. The number of nitrogens with one attached hydrogen (secondary N) is 2. The maximum atomic E-state index is 12.1. The maximum absolute atomic E-state index is 12.1. The summed E-state index contributed by atoms with van der Waals surface area (Å²) in [7, 11) is 1.43. The van der Waals surface area contributed by atoms with Gasteiger partial charge in [0.2, 0.25) is 5.91 Å². The van der Waals surface area contributed by atoms with Crippen molar-refractivity contribution in [1.82, 2.24) is 5.32 Å². The molecule has 6 nitrogen and oxygen atoms in total. The molecule has 0 saturated carbocycles. The SMILES string of the molecule is CN=C(N)C(=O)N[C@H]1CCc2ccc(C)cc2NC1=O. The molecular formula is C14H18N4O2. The Balaban J connectivity index is 2.14. The molecule has 1 aliphatic heterocycles. The molecule has 0 fully saturated rings. The van der Waals surface area contributed by atoms with Crippen LogP contribution in [0.3, 0.4) is 0 Å². The van der Waals surface area contributed by atoms with Crippen molar-refractivity contribution in [3.63, 3.8) is 0 Å². The van der Waals surface area contributed by atoms with E-state index in [1.807, 2.05) is 25.1 Å². The number of nitrogens with two attached hydrogens (primary N) is 1. The van der Waals surface area contributed by atoms with Crippen LogP contribution in [0.2, 0.25) is 0 Å². The maximum Gasteiger partial charge on any atom is 0.286 e. The fraction of sp³-hybridized carbons (Fsp3) is 0.357. The van der Waals surface area contributed by atoms with Gasteiger partial charge < -0.3 is 16.4 Å². The minimum absolute atomic E-state index is 0.129. The van der Waals surface area contributed by atoms with Gasteiger partial charge in [-0.15, -0.1) is 0 Å². The third kappa shape index (κ3) is 2.96. The molecule has 6 heteroatoms. The summed E-state index contributed by atoms with van der Waals surface area (Å²) in [4.78, 5) is 27.4. The van der Waals surface area contributed by atoms with Gasteiger partial charge in [0.25, 0.3) is 5.91 Å². The van der Waals surface area contributed by atoms with Gasteiger partial charge in [0, 0.05) is 12.7 Å². The quantitative estimate of drug-likeness (QED) is 0.509. The number of fused-ring (bicyclic) bond motifs is 1. The third-order valence-electron chi connectivity index (χ3n) is 3.32. The van der Waals surface area contributed by atoms with E-state index in [9.17, 15) is 9.59 Å². The first-order valence-corrected chi connectivity index (χ1v) is 6.44. The summed E-state index contributed by atoms with van der Waals surface area (Å²) < 4.78 is 0. The first-order chi connectivity index (χ1) is 9.51. The number of aryl methyl sites for hydroxylation is 2. The number of anilines is 1. The van der Waals surface area contributed by atoms with Gasteiger partial charge in [0.1, 0.15) is 6.04 Å². The monoisotopic (exact) mass is 274 g/mol. The van der Waals surface area contributed by atoms with E-state index >= 15 is 0 Å². The molecule has 0 aliphatic carbocycles. The molecule has 0 spiro atoms. The average molecular weight is 274 g/mol. The van der Waals surface area contributed by atoms with Crippen LogP contribution < -0.4 is 16.4 Å². The van der Waals surface area contributed by atoms with Gasteiger partial charge in [-0.1, -0.05) is 12.1 Å². The lowest BCUT2D eigenvalue weighted by atomic mass is 10.0. The predicted octanol–water partition coefficient (Wildman–Crippen LogP) is 0.352. The topological polar surface area (TPSA) is 96.6 Å². The Morgan fingerprint density at radius 3 is 2.95 bits per heavy atom. The number of carbonyl (C=O) groups is 2. The minimum atomic E-state index is -0.601. The van der Waals surface area contributed by atoms with E-state index in [1.165, 1.54) is 7.05 Å². The molecule has 0 aromatic heterocycles. The van der Waals surface area contributed by atoms with Crippen molar-refractivity contribution in [2.24, 2.45) is 10.7 Å². The molecule has 0 bridgehead atoms. The molecule has 1 aromatic carbocycles. The summed E-state index contributed by atoms with van der Waals surface area (Å²) in [6.45, 7) is 1.97. The molecule has 1 aliphatic rings. The highest BCUT2D eigenvalue weighted by atomic mass is 16.2. The van der Waals surface area contributed by atoms with Crippen LogP contribution in [0.25, 0.3) is 0 Å². The molecular weight excluding hydrogens is 256 g/mol. The van der Waals surface area contributed by atoms with Crippen LogP contribution in [-0.4, -0.2) is 30.7 Å². The summed E-state index contributed by atoms with van der Waals surface area (Å²) >= 11 is 0. The fourth-order valence-corrected chi connectivity index (χ4v) is 2.15. The molecule has 0 radical (unpaired) electrons. The molecule has 2 rings (SSSR count). The van der Waals surface area contributed by atoms with E-state index < -0.39 is 11.9 Å². The number of hydrogen-bond acceptors (Lipinski definition) is 3. The molecule has 106 valence electrons. The number of amidine groups is 1. The fourth-order valence-electron chi connectivity index (χ4n) is 2.15. The number of hydrogen-bond donors (Lipinski definition) is 3. The van der Waals surface area contributed by atoms with Crippen molar-refractivity contribution in [3.05, 3.63) is 29.3 Å². The summed E-state index contributed by atoms with van der Waals surface area (Å²) in [6.07, 6.45) is 1.24. The largest absolute Gasteiger partial charge is 0.379 e. The number of aliphatic imine (C=N–C) groups is 1. The molecule has 1 atom stereocenters. The van der Waals surface area contributed by atoms with Crippen LogP contribution in [-0.2, 0) is 16.0 Å². The Bertz CT molecular complexity index is 581. The van der Waals surface area contributed by atoms with Gasteiger partial charge in [-0.3, -0.25) is 14.6 Å². The van der Waals surface area contributed by atoms with Crippen molar-refractivity contribution in [1.29, 1.82) is 0 Å². The van der Waals surface area contributed by atoms with Gasteiger partial charge >= 0.3 is 0 Å². The third-order valence-corrected chi connectivity index (χ3v) is 3.32. The van der Waals surface area contributed by atoms with E-state index in [1.54, 1.807) is 0 Å². The van der Waals surface area contributed by atoms with E-state index in [4.69, 9.17) is 5.73 Å². The lowest BCUT2D eigenvalue weighted by Gasteiger charge is -2.14. The molecule has 2 amide bonds. The van der Waals surface area contributed by atoms with Crippen LogP contribution in [0.4, 0.5) is 5.69 Å². The Morgan fingerprint density at radius 1 is 1.50 bits per heavy atom. The molecule has 20 heavy (non-hydrogen) atoms. The lowest BCUT2D eigenvalue weighted by molar-refractivity contribution is -0.123. The van der Waals surface area contributed by atoms with E-state index in [2.05, 4.69) is 15.6 Å². The van der Waals surface area contributed by atoms with Crippen LogP contribution in [0.15, 0.2) is 23.2 Å². The van der Waals surface area contributed by atoms with Crippen LogP contribution in [0, 0.1) is 6.92 Å². The van der Waals surface area contributed by atoms with E-state index in [-0.39, 0.29) is 11.7 Å². The van der Waals surface area contributed by atoms with Gasteiger partial charge in [-0.05, 0) is 37.0 Å². The molecule has 1 heterocycles. The number of benzene rings is 1. The lowest BCUT2D eigenvalue weighted by Crippen LogP contribution is -2.47. The zero-order valence-electron chi connectivity index (χ0n) is 11.6. The predicted molar refractivity (Wildman–Crippen MR) is 77.6 cm³/mol. The van der Waals surface area contributed by atoms with Crippen molar-refractivity contribution in [2.75, 3.05) is 12.4 Å². The highest BCUT2D eigenvalue weighted by Crippen LogP contribution is 2.23. The van der Waals surface area contributed by atoms with Gasteiger partial charge in [0.15, 0.2) is 5.84 Å². The van der Waals surface area contributed by atoms with Gasteiger partial charge in [0.05, 0.1) is 0 Å². The highest BCUT2D eigenvalue weighted by Gasteiger charge is 2.25. The van der Waals surface area contributed by atoms with Crippen LogP contribution in [0.5, 0.6) is 0 Å². The van der Waals surface area contributed by atoms with Crippen molar-refractivity contribution in [3.8, 4) is 0 Å². The summed E-state index contributed by atoms with van der Waals surface area (Å²) in [5.41, 5.74) is 8.38. The zero-order chi connectivity index (χ0) is 14.7.